The first kappa shape index (κ1) is 23.1. The molecule has 1 aliphatic rings. The van der Waals surface area contributed by atoms with E-state index in [4.69, 9.17) is 4.99 Å². The topological polar surface area (TPSA) is 64.9 Å². The molecule has 4 rings (SSSR count). The SMILES string of the molecule is CC(=Nc1ccc2c(c1)[C@@H](NC(=O)c1ccc(Br)cc1)[C@H](O)C2)N(C)Cc1ccc(F)cc1. The molecule has 2 N–H and O–H groups in total. The van der Waals surface area contributed by atoms with Crippen molar-refractivity contribution in [2.45, 2.75) is 32.0 Å². The number of aliphatic imine (C=N–C) groups is 1. The van der Waals surface area contributed by atoms with Crippen LogP contribution in [0.5, 0.6) is 0 Å². The first-order chi connectivity index (χ1) is 15.8. The number of hydrogen-bond donors (Lipinski definition) is 2. The van der Waals surface area contributed by atoms with Crippen molar-refractivity contribution in [1.29, 1.82) is 0 Å². The lowest BCUT2D eigenvalue weighted by Gasteiger charge is -2.20. The molecule has 33 heavy (non-hydrogen) atoms. The molecule has 1 aliphatic carbocycles. The fraction of sp³-hybridized carbons (Fsp3) is 0.231. The van der Waals surface area contributed by atoms with Crippen LogP contribution < -0.4 is 5.32 Å². The molecule has 0 bridgehead atoms. The second-order valence-corrected chi connectivity index (χ2v) is 9.17. The first-order valence-corrected chi connectivity index (χ1v) is 11.5. The van der Waals surface area contributed by atoms with Crippen molar-refractivity contribution in [1.82, 2.24) is 10.2 Å². The summed E-state index contributed by atoms with van der Waals surface area (Å²) in [6, 6.07) is 18.8. The zero-order chi connectivity index (χ0) is 23.5. The van der Waals surface area contributed by atoms with E-state index in [2.05, 4.69) is 21.2 Å². The quantitative estimate of drug-likeness (QED) is 0.368. The monoisotopic (exact) mass is 509 g/mol. The Labute approximate surface area is 201 Å². The smallest absolute Gasteiger partial charge is 0.251 e. The van der Waals surface area contributed by atoms with Crippen LogP contribution in [0.1, 0.15) is 40.0 Å². The number of carbonyl (C=O) groups excluding carboxylic acids is 1. The van der Waals surface area contributed by atoms with Gasteiger partial charge in [0.05, 0.1) is 17.8 Å². The van der Waals surface area contributed by atoms with Crippen molar-refractivity contribution >= 4 is 33.4 Å². The maximum absolute atomic E-state index is 13.1. The highest BCUT2D eigenvalue weighted by molar-refractivity contribution is 9.10. The van der Waals surface area contributed by atoms with E-state index in [1.807, 2.05) is 49.2 Å². The van der Waals surface area contributed by atoms with Crippen LogP contribution in [0.3, 0.4) is 0 Å². The number of aliphatic hydroxyl groups excluding tert-OH is 1. The summed E-state index contributed by atoms with van der Waals surface area (Å²) in [6.07, 6.45) is -0.213. The van der Waals surface area contributed by atoms with Gasteiger partial charge in [0.25, 0.3) is 5.91 Å². The third-order valence-electron chi connectivity index (χ3n) is 5.85. The zero-order valence-electron chi connectivity index (χ0n) is 18.4. The van der Waals surface area contributed by atoms with Crippen LogP contribution in [0, 0.1) is 5.82 Å². The maximum Gasteiger partial charge on any atom is 0.251 e. The van der Waals surface area contributed by atoms with E-state index < -0.39 is 12.1 Å². The lowest BCUT2D eigenvalue weighted by molar-refractivity contribution is 0.0858. The van der Waals surface area contributed by atoms with E-state index in [1.54, 1.807) is 24.3 Å². The van der Waals surface area contributed by atoms with Gasteiger partial charge in [-0.1, -0.05) is 34.1 Å². The number of nitrogens with one attached hydrogen (secondary N) is 1. The van der Waals surface area contributed by atoms with Gasteiger partial charge in [-0.2, -0.15) is 0 Å². The number of benzene rings is 3. The van der Waals surface area contributed by atoms with Gasteiger partial charge in [0.15, 0.2) is 0 Å². The van der Waals surface area contributed by atoms with Crippen molar-refractivity contribution in [3.63, 3.8) is 0 Å². The third kappa shape index (κ3) is 5.49. The highest BCUT2D eigenvalue weighted by Gasteiger charge is 2.32. The van der Waals surface area contributed by atoms with Crippen molar-refractivity contribution in [3.05, 3.63) is 99.3 Å². The molecule has 5 nitrogen and oxygen atoms in total. The molecule has 0 spiro atoms. The Morgan fingerprint density at radius 1 is 1.15 bits per heavy atom. The molecular weight excluding hydrogens is 485 g/mol. The maximum atomic E-state index is 13.1. The van der Waals surface area contributed by atoms with Gasteiger partial charge in [-0.3, -0.25) is 4.79 Å². The molecule has 3 aromatic rings. The second kappa shape index (κ2) is 9.85. The molecule has 0 aromatic heterocycles. The average Bonchev–Trinajstić information content (AvgIpc) is 3.10. The van der Waals surface area contributed by atoms with Crippen LogP contribution in [0.4, 0.5) is 10.1 Å². The summed E-state index contributed by atoms with van der Waals surface area (Å²) in [7, 11) is 1.93. The zero-order valence-corrected chi connectivity index (χ0v) is 20.0. The standard InChI is InChI=1S/C26H25BrFN3O2/c1-16(31(2)15-17-3-10-21(28)11-4-17)29-22-12-7-19-13-24(32)25(23(19)14-22)30-26(33)18-5-8-20(27)9-6-18/h3-12,14,24-25,32H,13,15H2,1-2H3,(H,30,33)/t24-,25-/m1/s1. The molecule has 1 amide bonds. The molecule has 0 fully saturated rings. The van der Waals surface area contributed by atoms with E-state index in [0.29, 0.717) is 18.5 Å². The number of aliphatic hydroxyl groups is 1. The van der Waals surface area contributed by atoms with Gasteiger partial charge in [-0.25, -0.2) is 9.38 Å². The predicted molar refractivity (Wildman–Crippen MR) is 131 cm³/mol. The summed E-state index contributed by atoms with van der Waals surface area (Å²) >= 11 is 3.37. The molecule has 0 saturated carbocycles. The second-order valence-electron chi connectivity index (χ2n) is 8.25. The molecule has 0 aliphatic heterocycles. The van der Waals surface area contributed by atoms with Crippen LogP contribution in [0.25, 0.3) is 0 Å². The van der Waals surface area contributed by atoms with E-state index in [1.165, 1.54) is 12.1 Å². The summed E-state index contributed by atoms with van der Waals surface area (Å²) in [4.78, 5) is 19.4. The summed E-state index contributed by atoms with van der Waals surface area (Å²) in [6.45, 7) is 2.52. The van der Waals surface area contributed by atoms with Crippen LogP contribution in [-0.4, -0.2) is 34.9 Å². The van der Waals surface area contributed by atoms with Gasteiger partial charge >= 0.3 is 0 Å². The average molecular weight is 510 g/mol. The van der Waals surface area contributed by atoms with E-state index in [0.717, 1.165) is 32.7 Å². The van der Waals surface area contributed by atoms with Crippen LogP contribution in [0.15, 0.2) is 76.2 Å². The first-order valence-electron chi connectivity index (χ1n) is 10.7. The Morgan fingerprint density at radius 3 is 2.55 bits per heavy atom. The Kier molecular flexibility index (Phi) is 6.91. The highest BCUT2D eigenvalue weighted by Crippen LogP contribution is 2.34. The molecule has 0 unspecified atom stereocenters. The molecule has 0 heterocycles. The molecule has 0 saturated heterocycles. The van der Waals surface area contributed by atoms with Gasteiger partial charge in [0.1, 0.15) is 11.7 Å². The lowest BCUT2D eigenvalue weighted by atomic mass is 10.1. The predicted octanol–water partition coefficient (Wildman–Crippen LogP) is 5.16. The summed E-state index contributed by atoms with van der Waals surface area (Å²) in [5, 5.41) is 13.6. The van der Waals surface area contributed by atoms with Crippen LogP contribution in [0.2, 0.25) is 0 Å². The van der Waals surface area contributed by atoms with Crippen molar-refractivity contribution < 1.29 is 14.3 Å². The van der Waals surface area contributed by atoms with Gasteiger partial charge in [0.2, 0.25) is 0 Å². The molecule has 7 heteroatoms. The van der Waals surface area contributed by atoms with E-state index in [-0.39, 0.29) is 11.7 Å². The Balaban J connectivity index is 1.50. The number of carbonyl (C=O) groups is 1. The number of nitrogens with zero attached hydrogens (tertiary/aromatic N) is 2. The number of amides is 1. The van der Waals surface area contributed by atoms with Crippen LogP contribution in [-0.2, 0) is 13.0 Å². The normalized spacial score (nSPS) is 17.5. The van der Waals surface area contributed by atoms with Crippen molar-refractivity contribution in [2.75, 3.05) is 7.05 Å². The molecule has 2 atom stereocenters. The number of rotatable bonds is 5. The number of fused-ring (bicyclic) bond motifs is 1. The molecule has 170 valence electrons. The minimum atomic E-state index is -0.694. The number of amidine groups is 1. The highest BCUT2D eigenvalue weighted by atomic mass is 79.9. The summed E-state index contributed by atoms with van der Waals surface area (Å²) in [5.74, 6) is 0.311. The third-order valence-corrected chi connectivity index (χ3v) is 6.38. The Morgan fingerprint density at radius 2 is 1.85 bits per heavy atom. The number of halogens is 2. The van der Waals surface area contributed by atoms with Gasteiger partial charge < -0.3 is 15.3 Å². The van der Waals surface area contributed by atoms with Gasteiger partial charge in [0, 0.05) is 30.0 Å². The lowest BCUT2D eigenvalue weighted by Crippen LogP contribution is -2.33. The van der Waals surface area contributed by atoms with Crippen molar-refractivity contribution in [3.8, 4) is 0 Å². The Bertz CT molecular complexity index is 1180. The Hall–Kier alpha value is -3.03. The molecular formula is C26H25BrFN3O2. The van der Waals surface area contributed by atoms with Gasteiger partial charge in [-0.05, 0) is 72.1 Å². The van der Waals surface area contributed by atoms with E-state index >= 15 is 0 Å². The number of hydrogen-bond acceptors (Lipinski definition) is 3. The van der Waals surface area contributed by atoms with Gasteiger partial charge in [-0.15, -0.1) is 0 Å². The van der Waals surface area contributed by atoms with E-state index in [9.17, 15) is 14.3 Å². The minimum absolute atomic E-state index is 0.233. The minimum Gasteiger partial charge on any atom is -0.390 e. The largest absolute Gasteiger partial charge is 0.390 e. The summed E-state index contributed by atoms with van der Waals surface area (Å²) < 4.78 is 14.0. The molecule has 0 radical (unpaired) electrons. The van der Waals surface area contributed by atoms with Crippen molar-refractivity contribution in [2.24, 2.45) is 4.99 Å². The fourth-order valence-corrected chi connectivity index (χ4v) is 4.19. The van der Waals surface area contributed by atoms with Crippen LogP contribution >= 0.6 is 15.9 Å². The fourth-order valence-electron chi connectivity index (χ4n) is 3.93. The molecule has 3 aromatic carbocycles. The summed E-state index contributed by atoms with van der Waals surface area (Å²) in [5.41, 5.74) is 4.14.